The molecular formula is C7H12ClNO2. The number of halogens is 1. The highest BCUT2D eigenvalue weighted by Gasteiger charge is 2.09. The molecule has 1 amide bonds. The van der Waals surface area contributed by atoms with Crippen molar-refractivity contribution in [3.63, 3.8) is 0 Å². The average molecular weight is 178 g/mol. The van der Waals surface area contributed by atoms with Crippen molar-refractivity contribution >= 4 is 23.3 Å². The van der Waals surface area contributed by atoms with Crippen LogP contribution in [0.1, 0.15) is 13.8 Å². The van der Waals surface area contributed by atoms with Crippen LogP contribution in [0.25, 0.3) is 0 Å². The summed E-state index contributed by atoms with van der Waals surface area (Å²) in [5, 5.41) is 0. The number of nitrogens with zero attached hydrogens (tertiary/aromatic N) is 1. The summed E-state index contributed by atoms with van der Waals surface area (Å²) in [5.74, 6) is -0.237. The van der Waals surface area contributed by atoms with E-state index in [1.54, 1.807) is 0 Å². The lowest BCUT2D eigenvalue weighted by Crippen LogP contribution is -2.34. The minimum Gasteiger partial charge on any atom is -0.336 e. The Morgan fingerprint density at radius 3 is 2.27 bits per heavy atom. The first kappa shape index (κ1) is 10.4. The Kier molecular flexibility index (Phi) is 4.86. The second-order valence-electron chi connectivity index (χ2n) is 2.21. The molecule has 0 saturated heterocycles. The van der Waals surface area contributed by atoms with Gasteiger partial charge in [-0.1, -0.05) is 0 Å². The Balaban J connectivity index is 3.88. The van der Waals surface area contributed by atoms with Crippen LogP contribution in [0.15, 0.2) is 0 Å². The lowest BCUT2D eigenvalue weighted by molar-refractivity contribution is -0.132. The van der Waals surface area contributed by atoms with E-state index >= 15 is 0 Å². The molecule has 0 rings (SSSR count). The summed E-state index contributed by atoms with van der Waals surface area (Å²) < 4.78 is 0. The van der Waals surface area contributed by atoms with E-state index < -0.39 is 0 Å². The van der Waals surface area contributed by atoms with Crippen molar-refractivity contribution in [3.8, 4) is 0 Å². The number of amides is 1. The maximum Gasteiger partial charge on any atom is 0.219 e. The van der Waals surface area contributed by atoms with E-state index in [0.29, 0.717) is 6.54 Å². The van der Waals surface area contributed by atoms with Gasteiger partial charge in [0.15, 0.2) is 5.78 Å². The first-order valence-electron chi connectivity index (χ1n) is 3.45. The third kappa shape index (κ3) is 3.98. The number of likely N-dealkylation sites (N-methyl/N-ethyl adjacent to an activating group) is 1. The molecule has 0 spiro atoms. The molecule has 0 fully saturated rings. The molecule has 0 N–H and O–H groups in total. The van der Waals surface area contributed by atoms with E-state index in [2.05, 4.69) is 0 Å². The number of Topliss-reactive ketones (excluding diaryl/α,β-unsaturated/α-hetero) is 1. The zero-order valence-electron chi connectivity index (χ0n) is 6.76. The molecule has 0 aromatic rings. The molecule has 0 heterocycles. The third-order valence-corrected chi connectivity index (χ3v) is 1.64. The summed E-state index contributed by atoms with van der Waals surface area (Å²) in [6.45, 7) is 3.95. The van der Waals surface area contributed by atoms with Gasteiger partial charge >= 0.3 is 0 Å². The van der Waals surface area contributed by atoms with E-state index in [1.807, 2.05) is 6.92 Å². The maximum absolute atomic E-state index is 10.8. The summed E-state index contributed by atoms with van der Waals surface area (Å²) in [7, 11) is 0. The molecule has 0 atom stereocenters. The van der Waals surface area contributed by atoms with Crippen LogP contribution < -0.4 is 0 Å². The van der Waals surface area contributed by atoms with E-state index in [0.717, 1.165) is 0 Å². The van der Waals surface area contributed by atoms with Crippen LogP contribution >= 0.6 is 11.6 Å². The van der Waals surface area contributed by atoms with Crippen molar-refractivity contribution in [2.75, 3.05) is 19.0 Å². The van der Waals surface area contributed by atoms with Gasteiger partial charge in [-0.25, -0.2) is 0 Å². The third-order valence-electron chi connectivity index (χ3n) is 1.34. The van der Waals surface area contributed by atoms with E-state index in [-0.39, 0.29) is 24.1 Å². The number of hydrogen-bond acceptors (Lipinski definition) is 2. The molecule has 0 aliphatic heterocycles. The summed E-state index contributed by atoms with van der Waals surface area (Å²) >= 11 is 5.27. The van der Waals surface area contributed by atoms with Crippen LogP contribution in [0.3, 0.4) is 0 Å². The monoisotopic (exact) mass is 177 g/mol. The van der Waals surface area contributed by atoms with Gasteiger partial charge in [-0.15, -0.1) is 11.6 Å². The predicted molar refractivity (Wildman–Crippen MR) is 43.7 cm³/mol. The molecule has 4 heteroatoms. The number of carbonyl (C=O) groups is 2. The Bertz CT molecular complexity index is 159. The zero-order valence-corrected chi connectivity index (χ0v) is 7.52. The molecule has 0 unspecified atom stereocenters. The standard InChI is InChI=1S/C7H12ClNO2/c1-3-9(6(2)10)5-7(11)4-8/h3-5H2,1-2H3. The predicted octanol–water partition coefficient (Wildman–Crippen LogP) is 0.663. The first-order chi connectivity index (χ1) is 5.11. The molecule has 3 nitrogen and oxygen atoms in total. The molecule has 0 saturated carbocycles. The molecular weight excluding hydrogens is 166 g/mol. The second-order valence-corrected chi connectivity index (χ2v) is 2.47. The van der Waals surface area contributed by atoms with Gasteiger partial charge in [0.2, 0.25) is 5.91 Å². The quantitative estimate of drug-likeness (QED) is 0.592. The maximum atomic E-state index is 10.8. The SMILES string of the molecule is CCN(CC(=O)CCl)C(C)=O. The van der Waals surface area contributed by atoms with Crippen LogP contribution in [0.2, 0.25) is 0 Å². The van der Waals surface area contributed by atoms with Crippen molar-refractivity contribution in [2.24, 2.45) is 0 Å². The minimum atomic E-state index is -0.122. The molecule has 0 aliphatic carbocycles. The number of ketones is 1. The average Bonchev–Trinajstić information content (AvgIpc) is 1.99. The number of carbonyl (C=O) groups excluding carboxylic acids is 2. The molecule has 0 radical (unpaired) electrons. The van der Waals surface area contributed by atoms with Gasteiger partial charge in [-0.2, -0.15) is 0 Å². The minimum absolute atomic E-state index is 0.0240. The fraction of sp³-hybridized carbons (Fsp3) is 0.714. The molecule has 64 valence electrons. The Morgan fingerprint density at radius 2 is 2.00 bits per heavy atom. The summed E-state index contributed by atoms with van der Waals surface area (Å²) in [6.07, 6.45) is 0. The highest BCUT2D eigenvalue weighted by molar-refractivity contribution is 6.28. The topological polar surface area (TPSA) is 37.4 Å². The van der Waals surface area contributed by atoms with Crippen molar-refractivity contribution in [2.45, 2.75) is 13.8 Å². The van der Waals surface area contributed by atoms with Gasteiger partial charge in [0.05, 0.1) is 12.4 Å². The van der Waals surface area contributed by atoms with Gasteiger partial charge in [-0.3, -0.25) is 9.59 Å². The van der Waals surface area contributed by atoms with Crippen molar-refractivity contribution in [3.05, 3.63) is 0 Å². The molecule has 0 aliphatic rings. The lowest BCUT2D eigenvalue weighted by Gasteiger charge is -2.16. The van der Waals surface area contributed by atoms with Crippen molar-refractivity contribution in [1.29, 1.82) is 0 Å². The van der Waals surface area contributed by atoms with E-state index in [1.165, 1.54) is 11.8 Å². The molecule has 0 bridgehead atoms. The fourth-order valence-corrected chi connectivity index (χ4v) is 0.785. The highest BCUT2D eigenvalue weighted by atomic mass is 35.5. The Hall–Kier alpha value is -0.570. The molecule has 0 aromatic heterocycles. The van der Waals surface area contributed by atoms with Crippen LogP contribution in [0.5, 0.6) is 0 Å². The first-order valence-corrected chi connectivity index (χ1v) is 3.98. The van der Waals surface area contributed by atoms with Gasteiger partial charge in [0.1, 0.15) is 0 Å². The van der Waals surface area contributed by atoms with Crippen LogP contribution in [-0.4, -0.2) is 35.6 Å². The van der Waals surface area contributed by atoms with Crippen LogP contribution in [0, 0.1) is 0 Å². The smallest absolute Gasteiger partial charge is 0.219 e. The van der Waals surface area contributed by atoms with Gasteiger partial charge in [0, 0.05) is 13.5 Å². The van der Waals surface area contributed by atoms with E-state index in [9.17, 15) is 9.59 Å². The Labute approximate surface area is 71.3 Å². The summed E-state index contributed by atoms with van der Waals surface area (Å²) in [6, 6.07) is 0. The zero-order chi connectivity index (χ0) is 8.85. The highest BCUT2D eigenvalue weighted by Crippen LogP contribution is 1.90. The van der Waals surface area contributed by atoms with Crippen molar-refractivity contribution in [1.82, 2.24) is 4.90 Å². The van der Waals surface area contributed by atoms with E-state index in [4.69, 9.17) is 11.6 Å². The normalized spacial score (nSPS) is 9.36. The van der Waals surface area contributed by atoms with Gasteiger partial charge in [0.25, 0.3) is 0 Å². The largest absolute Gasteiger partial charge is 0.336 e. The number of hydrogen-bond donors (Lipinski definition) is 0. The van der Waals surface area contributed by atoms with Crippen LogP contribution in [-0.2, 0) is 9.59 Å². The van der Waals surface area contributed by atoms with Gasteiger partial charge < -0.3 is 4.90 Å². The van der Waals surface area contributed by atoms with Crippen LogP contribution in [0.4, 0.5) is 0 Å². The Morgan fingerprint density at radius 1 is 1.45 bits per heavy atom. The second kappa shape index (κ2) is 5.13. The summed E-state index contributed by atoms with van der Waals surface area (Å²) in [4.78, 5) is 23.0. The molecule has 11 heavy (non-hydrogen) atoms. The number of alkyl halides is 1. The molecule has 0 aromatic carbocycles. The van der Waals surface area contributed by atoms with Gasteiger partial charge in [-0.05, 0) is 6.92 Å². The number of rotatable bonds is 4. The van der Waals surface area contributed by atoms with Crippen molar-refractivity contribution < 1.29 is 9.59 Å². The lowest BCUT2D eigenvalue weighted by atomic mass is 10.4. The summed E-state index contributed by atoms with van der Waals surface area (Å²) in [5.41, 5.74) is 0. The fourth-order valence-electron chi connectivity index (χ4n) is 0.701.